The molecule has 0 fully saturated rings. The van der Waals surface area contributed by atoms with Crippen LogP contribution in [-0.2, 0) is 0 Å². The standard InChI is InChI=1S/C11H10ClN5O2/c1-19-9-6-13-5-8(15-9)11(18)17-16-10-7(12)3-2-4-14-10/h2-6H,1H3,(H,14,16)(H,17,18). The molecule has 0 spiro atoms. The van der Waals surface area contributed by atoms with Crippen molar-refractivity contribution in [3.8, 4) is 5.88 Å². The van der Waals surface area contributed by atoms with Crippen LogP contribution in [0.25, 0.3) is 0 Å². The van der Waals surface area contributed by atoms with Crippen LogP contribution in [0.4, 0.5) is 5.82 Å². The number of nitrogens with zero attached hydrogens (tertiary/aromatic N) is 3. The van der Waals surface area contributed by atoms with Crippen LogP contribution in [0.2, 0.25) is 5.02 Å². The van der Waals surface area contributed by atoms with Gasteiger partial charge in [0.05, 0.1) is 24.5 Å². The molecule has 2 heterocycles. The molecule has 1 amide bonds. The van der Waals surface area contributed by atoms with E-state index in [1.165, 1.54) is 19.5 Å². The third-order valence-corrected chi connectivity index (χ3v) is 2.41. The van der Waals surface area contributed by atoms with Gasteiger partial charge in [0.15, 0.2) is 11.5 Å². The van der Waals surface area contributed by atoms with Gasteiger partial charge in [0.2, 0.25) is 5.88 Å². The Labute approximate surface area is 114 Å². The summed E-state index contributed by atoms with van der Waals surface area (Å²) in [4.78, 5) is 23.5. The predicted octanol–water partition coefficient (Wildman–Crippen LogP) is 1.29. The summed E-state index contributed by atoms with van der Waals surface area (Å²) >= 11 is 5.88. The van der Waals surface area contributed by atoms with Gasteiger partial charge in [0.1, 0.15) is 0 Å². The quantitative estimate of drug-likeness (QED) is 0.820. The van der Waals surface area contributed by atoms with Gasteiger partial charge in [0.25, 0.3) is 5.91 Å². The largest absolute Gasteiger partial charge is 0.480 e. The van der Waals surface area contributed by atoms with Crippen LogP contribution in [0.1, 0.15) is 10.5 Å². The third-order valence-electron chi connectivity index (χ3n) is 2.11. The Morgan fingerprint density at radius 1 is 1.42 bits per heavy atom. The number of ether oxygens (including phenoxy) is 1. The topological polar surface area (TPSA) is 89.0 Å². The van der Waals surface area contributed by atoms with Crippen LogP contribution >= 0.6 is 11.6 Å². The van der Waals surface area contributed by atoms with Gasteiger partial charge in [-0.25, -0.2) is 9.97 Å². The van der Waals surface area contributed by atoms with Gasteiger partial charge in [-0.15, -0.1) is 0 Å². The summed E-state index contributed by atoms with van der Waals surface area (Å²) in [6.07, 6.45) is 4.27. The van der Waals surface area contributed by atoms with E-state index in [-0.39, 0.29) is 11.6 Å². The number of rotatable bonds is 4. The fraction of sp³-hybridized carbons (Fsp3) is 0.0909. The van der Waals surface area contributed by atoms with E-state index in [0.717, 1.165) is 0 Å². The summed E-state index contributed by atoms with van der Waals surface area (Å²) < 4.78 is 4.88. The molecule has 0 aliphatic heterocycles. The van der Waals surface area contributed by atoms with Gasteiger partial charge in [-0.3, -0.25) is 20.6 Å². The minimum atomic E-state index is -0.479. The van der Waals surface area contributed by atoms with Crippen molar-refractivity contribution in [1.82, 2.24) is 20.4 Å². The fourth-order valence-corrected chi connectivity index (χ4v) is 1.38. The molecule has 0 aliphatic rings. The predicted molar refractivity (Wildman–Crippen MR) is 68.9 cm³/mol. The van der Waals surface area contributed by atoms with Crippen molar-refractivity contribution in [3.63, 3.8) is 0 Å². The second-order valence-corrected chi connectivity index (χ2v) is 3.77. The summed E-state index contributed by atoms with van der Waals surface area (Å²) in [5.41, 5.74) is 5.12. The van der Waals surface area contributed by atoms with Gasteiger partial charge in [-0.2, -0.15) is 0 Å². The van der Waals surface area contributed by atoms with Crippen molar-refractivity contribution in [2.75, 3.05) is 12.5 Å². The Kier molecular flexibility index (Phi) is 4.09. The molecule has 98 valence electrons. The average molecular weight is 280 g/mol. The molecule has 8 heteroatoms. The highest BCUT2D eigenvalue weighted by Gasteiger charge is 2.09. The summed E-state index contributed by atoms with van der Waals surface area (Å²) in [7, 11) is 1.44. The lowest BCUT2D eigenvalue weighted by Crippen LogP contribution is -2.30. The zero-order chi connectivity index (χ0) is 13.7. The molecule has 0 saturated carbocycles. The van der Waals surface area contributed by atoms with E-state index in [9.17, 15) is 4.79 Å². The zero-order valence-corrected chi connectivity index (χ0v) is 10.7. The maximum atomic E-state index is 11.8. The molecular formula is C11H10ClN5O2. The SMILES string of the molecule is COc1cncc(C(=O)NNc2ncccc2Cl)n1. The maximum Gasteiger partial charge on any atom is 0.289 e. The van der Waals surface area contributed by atoms with Crippen LogP contribution in [0.5, 0.6) is 5.88 Å². The smallest absolute Gasteiger partial charge is 0.289 e. The number of hydrogen-bond donors (Lipinski definition) is 2. The summed E-state index contributed by atoms with van der Waals surface area (Å²) in [6.45, 7) is 0. The molecule has 0 aliphatic carbocycles. The highest BCUT2D eigenvalue weighted by molar-refractivity contribution is 6.32. The normalized spacial score (nSPS) is 9.79. The van der Waals surface area contributed by atoms with Gasteiger partial charge in [-0.05, 0) is 12.1 Å². The number of carbonyl (C=O) groups excluding carboxylic acids is 1. The van der Waals surface area contributed by atoms with Crippen molar-refractivity contribution in [2.24, 2.45) is 0 Å². The fourth-order valence-electron chi connectivity index (χ4n) is 1.21. The number of carbonyl (C=O) groups is 1. The summed E-state index contributed by atoms with van der Waals surface area (Å²) in [6, 6.07) is 3.33. The van der Waals surface area contributed by atoms with Gasteiger partial charge >= 0.3 is 0 Å². The maximum absolute atomic E-state index is 11.8. The van der Waals surface area contributed by atoms with Gasteiger partial charge in [-0.1, -0.05) is 11.6 Å². The van der Waals surface area contributed by atoms with Crippen LogP contribution in [0, 0.1) is 0 Å². The molecule has 2 N–H and O–H groups in total. The Morgan fingerprint density at radius 3 is 3.00 bits per heavy atom. The number of halogens is 1. The number of anilines is 1. The van der Waals surface area contributed by atoms with Crippen molar-refractivity contribution in [1.29, 1.82) is 0 Å². The molecule has 2 rings (SSSR count). The lowest BCUT2D eigenvalue weighted by atomic mass is 10.4. The molecule has 0 unspecified atom stereocenters. The highest BCUT2D eigenvalue weighted by atomic mass is 35.5. The number of hydrazine groups is 1. The van der Waals surface area contributed by atoms with Crippen molar-refractivity contribution in [2.45, 2.75) is 0 Å². The number of methoxy groups -OCH3 is 1. The molecular weight excluding hydrogens is 270 g/mol. The first-order valence-corrected chi connectivity index (χ1v) is 5.61. The molecule has 0 bridgehead atoms. The first kappa shape index (κ1) is 13.0. The Hall–Kier alpha value is -2.41. The molecule has 0 atom stereocenters. The van der Waals surface area contributed by atoms with E-state index in [1.807, 2.05) is 0 Å². The van der Waals surface area contributed by atoms with Crippen LogP contribution in [0.3, 0.4) is 0 Å². The molecule has 0 radical (unpaired) electrons. The highest BCUT2D eigenvalue weighted by Crippen LogP contribution is 2.16. The van der Waals surface area contributed by atoms with E-state index in [2.05, 4.69) is 25.8 Å². The molecule has 19 heavy (non-hydrogen) atoms. The molecule has 7 nitrogen and oxygen atoms in total. The minimum Gasteiger partial charge on any atom is -0.480 e. The molecule has 0 aromatic carbocycles. The van der Waals surface area contributed by atoms with Gasteiger partial charge in [0, 0.05) is 6.20 Å². The second-order valence-electron chi connectivity index (χ2n) is 3.36. The lowest BCUT2D eigenvalue weighted by molar-refractivity contribution is 0.0956. The minimum absolute atomic E-state index is 0.110. The average Bonchev–Trinajstić information content (AvgIpc) is 2.46. The van der Waals surface area contributed by atoms with Crippen LogP contribution in [-0.4, -0.2) is 28.0 Å². The van der Waals surface area contributed by atoms with Crippen LogP contribution in [0.15, 0.2) is 30.7 Å². The van der Waals surface area contributed by atoms with E-state index >= 15 is 0 Å². The zero-order valence-electron chi connectivity index (χ0n) is 9.92. The Balaban J connectivity index is 2.03. The molecule has 2 aromatic heterocycles. The number of aromatic nitrogens is 3. The third kappa shape index (κ3) is 3.29. The number of amides is 1. The van der Waals surface area contributed by atoms with Crippen LogP contribution < -0.4 is 15.6 Å². The Bertz CT molecular complexity index is 593. The monoisotopic (exact) mass is 279 g/mol. The van der Waals surface area contributed by atoms with E-state index in [4.69, 9.17) is 16.3 Å². The lowest BCUT2D eigenvalue weighted by Gasteiger charge is -2.08. The molecule has 0 saturated heterocycles. The Morgan fingerprint density at radius 2 is 2.26 bits per heavy atom. The number of hydrogen-bond acceptors (Lipinski definition) is 6. The summed E-state index contributed by atoms with van der Waals surface area (Å²) in [5.74, 6) is 0.116. The second kappa shape index (κ2) is 5.96. The van der Waals surface area contributed by atoms with Crippen molar-refractivity contribution < 1.29 is 9.53 Å². The first-order valence-electron chi connectivity index (χ1n) is 5.23. The van der Waals surface area contributed by atoms with Crippen molar-refractivity contribution in [3.05, 3.63) is 41.4 Å². The number of pyridine rings is 1. The van der Waals surface area contributed by atoms with Gasteiger partial charge < -0.3 is 4.74 Å². The van der Waals surface area contributed by atoms with E-state index in [1.54, 1.807) is 18.3 Å². The van der Waals surface area contributed by atoms with E-state index < -0.39 is 5.91 Å². The molecule has 2 aromatic rings. The van der Waals surface area contributed by atoms with E-state index in [0.29, 0.717) is 10.8 Å². The number of nitrogens with one attached hydrogen (secondary N) is 2. The summed E-state index contributed by atoms with van der Waals surface area (Å²) in [5, 5.41) is 0.388. The first-order chi connectivity index (χ1) is 9.20. The van der Waals surface area contributed by atoms with Crippen molar-refractivity contribution >= 4 is 23.3 Å².